The summed E-state index contributed by atoms with van der Waals surface area (Å²) in [6.45, 7) is 1.42. The lowest BCUT2D eigenvalue weighted by atomic mass is 10.1. The van der Waals surface area contributed by atoms with Gasteiger partial charge in [0.05, 0.1) is 0 Å². The maximum absolute atomic E-state index is 12.8. The minimum atomic E-state index is -4.80. The third-order valence-electron chi connectivity index (χ3n) is 4.76. The molecule has 1 amide bonds. The molecule has 0 aliphatic carbocycles. The normalized spacial score (nSPS) is 24.1. The van der Waals surface area contributed by atoms with Crippen molar-refractivity contribution in [3.63, 3.8) is 0 Å². The van der Waals surface area contributed by atoms with Gasteiger partial charge in [0.1, 0.15) is 5.52 Å². The lowest BCUT2D eigenvalue weighted by Gasteiger charge is -2.31. The topological polar surface area (TPSA) is 61.5 Å². The van der Waals surface area contributed by atoms with Gasteiger partial charge in [-0.25, -0.2) is 0 Å². The number of likely N-dealkylation sites (tertiary alicyclic amines) is 2. The van der Waals surface area contributed by atoms with E-state index in [-0.39, 0.29) is 23.2 Å². The molecule has 2 aliphatic heterocycles. The third kappa shape index (κ3) is 2.39. The first kappa shape index (κ1) is 15.3. The Morgan fingerprint density at radius 3 is 2.75 bits per heavy atom. The number of carbonyl (C=O) groups is 1. The Kier molecular flexibility index (Phi) is 3.24. The smallest absolute Gasteiger partial charge is 0.403 e. The van der Waals surface area contributed by atoms with Crippen LogP contribution >= 0.6 is 0 Å². The van der Waals surface area contributed by atoms with Gasteiger partial charge in [0, 0.05) is 30.6 Å². The van der Waals surface area contributed by atoms with Crippen molar-refractivity contribution in [3.8, 4) is 5.75 Å². The first-order valence-corrected chi connectivity index (χ1v) is 7.57. The Labute approximate surface area is 135 Å². The highest BCUT2D eigenvalue weighted by Crippen LogP contribution is 2.34. The molecule has 2 atom stereocenters. The van der Waals surface area contributed by atoms with Crippen LogP contribution in [0.15, 0.2) is 18.2 Å². The third-order valence-corrected chi connectivity index (χ3v) is 4.76. The van der Waals surface area contributed by atoms with E-state index < -0.39 is 12.1 Å². The maximum atomic E-state index is 12.8. The second-order valence-corrected chi connectivity index (χ2v) is 6.24. The molecular formula is C15H15F3N4O2. The number of halogens is 3. The van der Waals surface area contributed by atoms with Crippen LogP contribution < -0.4 is 4.74 Å². The van der Waals surface area contributed by atoms with Crippen LogP contribution in [0.2, 0.25) is 0 Å². The average Bonchev–Trinajstić information content (AvgIpc) is 3.17. The Morgan fingerprint density at radius 1 is 1.33 bits per heavy atom. The fraction of sp³-hybridized carbons (Fsp3) is 0.467. The molecule has 2 fully saturated rings. The van der Waals surface area contributed by atoms with Crippen LogP contribution in [0.1, 0.15) is 16.9 Å². The number of hydrogen-bond donors (Lipinski definition) is 1. The number of nitrogens with zero attached hydrogens (tertiary/aromatic N) is 3. The number of aromatic amines is 1. The van der Waals surface area contributed by atoms with E-state index in [4.69, 9.17) is 0 Å². The summed E-state index contributed by atoms with van der Waals surface area (Å²) in [6, 6.07) is 4.65. The molecule has 2 bridgehead atoms. The first-order chi connectivity index (χ1) is 11.3. The molecule has 2 aromatic rings. The van der Waals surface area contributed by atoms with Crippen LogP contribution in [0.3, 0.4) is 0 Å². The summed E-state index contributed by atoms with van der Waals surface area (Å²) in [4.78, 5) is 16.8. The molecule has 6 nitrogen and oxygen atoms in total. The minimum Gasteiger partial charge on any atom is -0.403 e. The van der Waals surface area contributed by atoms with Gasteiger partial charge in [-0.15, -0.1) is 13.2 Å². The zero-order chi connectivity index (χ0) is 17.1. The van der Waals surface area contributed by atoms with E-state index in [1.54, 1.807) is 11.0 Å². The summed E-state index contributed by atoms with van der Waals surface area (Å²) in [5.74, 6) is -0.653. The molecule has 0 radical (unpaired) electrons. The van der Waals surface area contributed by atoms with E-state index in [0.29, 0.717) is 18.0 Å². The number of carbonyl (C=O) groups excluding carboxylic acids is 1. The standard InChI is InChI=1S/C15H15F3N4O2/c1-21-6-9-5-8(21)7-22(9)14(23)13-10-3-2-4-11(12(10)19-20-13)24-15(16,17)18/h2-4,8-9H,5-7H2,1H3,(H,19,20)/t8-,9-/m0/s1. The molecule has 2 saturated heterocycles. The number of ether oxygens (including phenoxy) is 1. The highest BCUT2D eigenvalue weighted by molar-refractivity contribution is 6.06. The van der Waals surface area contributed by atoms with Gasteiger partial charge in [-0.2, -0.15) is 5.10 Å². The van der Waals surface area contributed by atoms with E-state index >= 15 is 0 Å². The zero-order valence-corrected chi connectivity index (χ0v) is 12.8. The number of piperazine rings is 1. The summed E-state index contributed by atoms with van der Waals surface area (Å²) >= 11 is 0. The van der Waals surface area contributed by atoms with Crippen molar-refractivity contribution < 1.29 is 22.7 Å². The summed E-state index contributed by atoms with van der Waals surface area (Å²) in [5, 5.41) is 6.79. The average molecular weight is 340 g/mol. The first-order valence-electron chi connectivity index (χ1n) is 7.57. The van der Waals surface area contributed by atoms with Crippen LogP contribution in [0.4, 0.5) is 13.2 Å². The predicted octanol–water partition coefficient (Wildman–Crippen LogP) is 1.99. The Balaban J connectivity index is 1.66. The second kappa shape index (κ2) is 5.10. The molecule has 2 aliphatic rings. The fourth-order valence-electron chi connectivity index (χ4n) is 3.64. The number of aromatic nitrogens is 2. The van der Waals surface area contributed by atoms with Crippen molar-refractivity contribution in [2.24, 2.45) is 0 Å². The van der Waals surface area contributed by atoms with Gasteiger partial charge >= 0.3 is 6.36 Å². The number of likely N-dealkylation sites (N-methyl/N-ethyl adjacent to an activating group) is 1. The van der Waals surface area contributed by atoms with Crippen LogP contribution in [0, 0.1) is 0 Å². The summed E-state index contributed by atoms with van der Waals surface area (Å²) in [7, 11) is 2.02. The number of hydrogen-bond acceptors (Lipinski definition) is 4. The van der Waals surface area contributed by atoms with Crippen molar-refractivity contribution in [1.29, 1.82) is 0 Å². The van der Waals surface area contributed by atoms with E-state index in [0.717, 1.165) is 13.0 Å². The van der Waals surface area contributed by atoms with Crippen molar-refractivity contribution in [3.05, 3.63) is 23.9 Å². The Morgan fingerprint density at radius 2 is 2.12 bits per heavy atom. The van der Waals surface area contributed by atoms with Crippen molar-refractivity contribution in [1.82, 2.24) is 20.0 Å². The maximum Gasteiger partial charge on any atom is 0.573 e. The molecule has 0 spiro atoms. The molecule has 3 heterocycles. The number of benzene rings is 1. The van der Waals surface area contributed by atoms with Crippen LogP contribution in [-0.2, 0) is 0 Å². The number of fused-ring (bicyclic) bond motifs is 3. The second-order valence-electron chi connectivity index (χ2n) is 6.24. The molecule has 24 heavy (non-hydrogen) atoms. The minimum absolute atomic E-state index is 0.0691. The predicted molar refractivity (Wildman–Crippen MR) is 78.6 cm³/mol. The number of nitrogens with one attached hydrogen (secondary N) is 1. The molecule has 1 aromatic heterocycles. The largest absolute Gasteiger partial charge is 0.573 e. The van der Waals surface area contributed by atoms with Gasteiger partial charge < -0.3 is 9.64 Å². The number of alkyl halides is 3. The molecule has 1 N–H and O–H groups in total. The van der Waals surface area contributed by atoms with E-state index in [2.05, 4.69) is 19.8 Å². The molecule has 128 valence electrons. The number of amides is 1. The highest BCUT2D eigenvalue weighted by atomic mass is 19.4. The van der Waals surface area contributed by atoms with Crippen LogP contribution in [0.5, 0.6) is 5.75 Å². The van der Waals surface area contributed by atoms with Crippen LogP contribution in [0.25, 0.3) is 10.9 Å². The van der Waals surface area contributed by atoms with Gasteiger partial charge in [-0.05, 0) is 19.5 Å². The molecule has 9 heteroatoms. The molecule has 0 saturated carbocycles. The van der Waals surface area contributed by atoms with Gasteiger partial charge in [0.2, 0.25) is 0 Å². The lowest BCUT2D eigenvalue weighted by Crippen LogP contribution is -2.47. The molecule has 1 aromatic carbocycles. The Bertz CT molecular complexity index is 802. The SMILES string of the molecule is CN1C[C@@H]2C[C@H]1CN2C(=O)c1n[nH]c2c(OC(F)(F)F)cccc12. The van der Waals surface area contributed by atoms with Crippen molar-refractivity contribution in [2.45, 2.75) is 24.9 Å². The van der Waals surface area contributed by atoms with Gasteiger partial charge in [0.25, 0.3) is 5.91 Å². The fourth-order valence-corrected chi connectivity index (χ4v) is 3.64. The number of rotatable bonds is 2. The zero-order valence-electron chi connectivity index (χ0n) is 12.8. The Hall–Kier alpha value is -2.29. The van der Waals surface area contributed by atoms with Crippen molar-refractivity contribution >= 4 is 16.8 Å². The molecule has 4 rings (SSSR count). The molecule has 0 unspecified atom stereocenters. The van der Waals surface area contributed by atoms with Gasteiger partial charge in [-0.3, -0.25) is 14.8 Å². The summed E-state index contributed by atoms with van der Waals surface area (Å²) < 4.78 is 41.4. The van der Waals surface area contributed by atoms with Gasteiger partial charge in [0.15, 0.2) is 11.4 Å². The quantitative estimate of drug-likeness (QED) is 0.908. The van der Waals surface area contributed by atoms with Crippen molar-refractivity contribution in [2.75, 3.05) is 20.1 Å². The number of H-pyrrole nitrogens is 1. The highest BCUT2D eigenvalue weighted by Gasteiger charge is 2.44. The monoisotopic (exact) mass is 340 g/mol. The van der Waals surface area contributed by atoms with E-state index in [9.17, 15) is 18.0 Å². The van der Waals surface area contributed by atoms with E-state index in [1.807, 2.05) is 7.05 Å². The molecular weight excluding hydrogens is 325 g/mol. The lowest BCUT2D eigenvalue weighted by molar-refractivity contribution is -0.274. The van der Waals surface area contributed by atoms with Crippen LogP contribution in [-0.4, -0.2) is 64.5 Å². The van der Waals surface area contributed by atoms with Gasteiger partial charge in [-0.1, -0.05) is 12.1 Å². The summed E-state index contributed by atoms with van der Waals surface area (Å²) in [5.41, 5.74) is 0.201. The summed E-state index contributed by atoms with van der Waals surface area (Å²) in [6.07, 6.45) is -3.88. The number of para-hydroxylation sites is 1. The van der Waals surface area contributed by atoms with E-state index in [1.165, 1.54) is 12.1 Å².